The number of nitrogens with zero attached hydrogens (tertiary/aromatic N) is 6. The van der Waals surface area contributed by atoms with Gasteiger partial charge in [0.1, 0.15) is 10.9 Å². The van der Waals surface area contributed by atoms with Gasteiger partial charge in [0.15, 0.2) is 0 Å². The Labute approximate surface area is 182 Å². The van der Waals surface area contributed by atoms with Crippen molar-refractivity contribution in [2.45, 2.75) is 58.5 Å². The Kier molecular flexibility index (Phi) is 6.59. The van der Waals surface area contributed by atoms with E-state index in [-0.39, 0.29) is 23.9 Å². The molecule has 3 rings (SSSR count). The van der Waals surface area contributed by atoms with E-state index < -0.39 is 16.1 Å². The number of halogens is 1. The van der Waals surface area contributed by atoms with Gasteiger partial charge in [-0.15, -0.1) is 0 Å². The Morgan fingerprint density at radius 2 is 1.73 bits per heavy atom. The third-order valence-electron chi connectivity index (χ3n) is 5.60. The summed E-state index contributed by atoms with van der Waals surface area (Å²) < 4.78 is 30.8. The first kappa shape index (κ1) is 22.8. The van der Waals surface area contributed by atoms with Crippen molar-refractivity contribution in [1.82, 2.24) is 28.8 Å². The van der Waals surface area contributed by atoms with Gasteiger partial charge in [-0.05, 0) is 34.1 Å². The van der Waals surface area contributed by atoms with Gasteiger partial charge in [-0.1, -0.05) is 18.5 Å². The standard InChI is InChI=1S/C19H29ClN6O3S/c1-6-16(26-15(5)18(20)14(4)22-26)19(27)23-8-10-25(11-9-23)30(28,29)17-12-24(7-2)21-13(17)3/h12,16H,6-11H2,1-5H3. The van der Waals surface area contributed by atoms with E-state index in [4.69, 9.17) is 11.6 Å². The Morgan fingerprint density at radius 3 is 2.20 bits per heavy atom. The molecule has 2 aromatic rings. The van der Waals surface area contributed by atoms with Gasteiger partial charge < -0.3 is 4.90 Å². The van der Waals surface area contributed by atoms with Crippen LogP contribution < -0.4 is 0 Å². The van der Waals surface area contributed by atoms with Crippen molar-refractivity contribution < 1.29 is 13.2 Å². The number of piperazine rings is 1. The lowest BCUT2D eigenvalue weighted by Gasteiger charge is -2.35. The number of carbonyl (C=O) groups is 1. The molecule has 1 atom stereocenters. The van der Waals surface area contributed by atoms with Gasteiger partial charge in [-0.3, -0.25) is 14.2 Å². The Morgan fingerprint density at radius 1 is 1.10 bits per heavy atom. The van der Waals surface area contributed by atoms with Crippen molar-refractivity contribution in [3.63, 3.8) is 0 Å². The Bertz CT molecular complexity index is 1040. The lowest BCUT2D eigenvalue weighted by Crippen LogP contribution is -2.52. The highest BCUT2D eigenvalue weighted by atomic mass is 35.5. The monoisotopic (exact) mass is 456 g/mol. The van der Waals surface area contributed by atoms with E-state index >= 15 is 0 Å². The third-order valence-corrected chi connectivity index (χ3v) is 8.15. The molecule has 0 N–H and O–H groups in total. The lowest BCUT2D eigenvalue weighted by molar-refractivity contribution is -0.136. The summed E-state index contributed by atoms with van der Waals surface area (Å²) in [5.41, 5.74) is 1.95. The molecule has 0 bridgehead atoms. The van der Waals surface area contributed by atoms with E-state index in [0.29, 0.717) is 42.5 Å². The molecule has 1 aliphatic heterocycles. The van der Waals surface area contributed by atoms with E-state index in [0.717, 1.165) is 5.69 Å². The van der Waals surface area contributed by atoms with Gasteiger partial charge in [-0.25, -0.2) is 8.42 Å². The highest BCUT2D eigenvalue weighted by Crippen LogP contribution is 2.26. The summed E-state index contributed by atoms with van der Waals surface area (Å²) in [5.74, 6) is -0.0632. The van der Waals surface area contributed by atoms with Crippen molar-refractivity contribution in [1.29, 1.82) is 0 Å². The van der Waals surface area contributed by atoms with Crippen LogP contribution in [0.2, 0.25) is 5.02 Å². The normalized spacial score (nSPS) is 16.8. The number of hydrogen-bond acceptors (Lipinski definition) is 5. The van der Waals surface area contributed by atoms with Crippen LogP contribution in [0.1, 0.15) is 43.4 Å². The maximum atomic E-state index is 13.2. The SMILES string of the molecule is CCC(C(=O)N1CCN(S(=O)(=O)c2cn(CC)nc2C)CC1)n1nc(C)c(Cl)c1C. The molecule has 1 saturated heterocycles. The fourth-order valence-corrected chi connectivity index (χ4v) is 5.53. The van der Waals surface area contributed by atoms with Crippen LogP contribution in [0.25, 0.3) is 0 Å². The molecule has 0 spiro atoms. The fraction of sp³-hybridized carbons (Fsp3) is 0.632. The first-order valence-corrected chi connectivity index (χ1v) is 12.0. The molecule has 11 heteroatoms. The van der Waals surface area contributed by atoms with Gasteiger partial charge in [0.25, 0.3) is 0 Å². The highest BCUT2D eigenvalue weighted by molar-refractivity contribution is 7.89. The van der Waals surface area contributed by atoms with Crippen molar-refractivity contribution in [3.8, 4) is 0 Å². The van der Waals surface area contributed by atoms with Crippen LogP contribution in [0.15, 0.2) is 11.1 Å². The molecule has 166 valence electrons. The number of hydrogen-bond donors (Lipinski definition) is 0. The van der Waals surface area contributed by atoms with Crippen molar-refractivity contribution in [3.05, 3.63) is 28.3 Å². The van der Waals surface area contributed by atoms with E-state index in [1.165, 1.54) is 4.31 Å². The van der Waals surface area contributed by atoms with E-state index in [1.54, 1.807) is 27.4 Å². The molecule has 0 saturated carbocycles. The van der Waals surface area contributed by atoms with Crippen LogP contribution in [0.4, 0.5) is 0 Å². The molecule has 1 aliphatic rings. The topological polar surface area (TPSA) is 93.3 Å². The molecule has 1 amide bonds. The average molecular weight is 457 g/mol. The summed E-state index contributed by atoms with van der Waals surface area (Å²) in [4.78, 5) is 15.1. The molecular weight excluding hydrogens is 428 g/mol. The first-order chi connectivity index (χ1) is 14.1. The molecular formula is C19H29ClN6O3S. The summed E-state index contributed by atoms with van der Waals surface area (Å²) in [7, 11) is -3.64. The minimum absolute atomic E-state index is 0.0632. The number of aromatic nitrogens is 4. The van der Waals surface area contributed by atoms with Crippen molar-refractivity contribution in [2.24, 2.45) is 0 Å². The van der Waals surface area contributed by atoms with E-state index in [9.17, 15) is 13.2 Å². The van der Waals surface area contributed by atoms with Crippen LogP contribution in [0.5, 0.6) is 0 Å². The molecule has 1 fully saturated rings. The average Bonchev–Trinajstić information content (AvgIpc) is 3.24. The minimum Gasteiger partial charge on any atom is -0.338 e. The number of sulfonamides is 1. The zero-order valence-corrected chi connectivity index (χ0v) is 19.7. The van der Waals surface area contributed by atoms with Gasteiger partial charge in [0, 0.05) is 38.9 Å². The van der Waals surface area contributed by atoms with Crippen LogP contribution in [-0.2, 0) is 21.4 Å². The number of carbonyl (C=O) groups excluding carboxylic acids is 1. The van der Waals surface area contributed by atoms with Crippen LogP contribution in [-0.4, -0.2) is 69.3 Å². The molecule has 3 heterocycles. The van der Waals surface area contributed by atoms with E-state index in [1.807, 2.05) is 27.7 Å². The molecule has 0 aromatic carbocycles. The van der Waals surface area contributed by atoms with Gasteiger partial charge in [0.05, 0.1) is 22.1 Å². The maximum Gasteiger partial charge on any atom is 0.247 e. The third kappa shape index (κ3) is 4.00. The number of rotatable bonds is 6. The van der Waals surface area contributed by atoms with Gasteiger partial charge in [0.2, 0.25) is 15.9 Å². The molecule has 30 heavy (non-hydrogen) atoms. The molecule has 2 aromatic heterocycles. The summed E-state index contributed by atoms with van der Waals surface area (Å²) in [6.07, 6.45) is 2.15. The summed E-state index contributed by atoms with van der Waals surface area (Å²) in [6, 6.07) is -0.454. The number of aryl methyl sites for hydroxylation is 3. The van der Waals surface area contributed by atoms with Crippen molar-refractivity contribution >= 4 is 27.5 Å². The summed E-state index contributed by atoms with van der Waals surface area (Å²) in [6.45, 7) is 11.0. The zero-order valence-electron chi connectivity index (χ0n) is 18.1. The smallest absolute Gasteiger partial charge is 0.247 e. The van der Waals surface area contributed by atoms with Crippen LogP contribution >= 0.6 is 11.6 Å². The largest absolute Gasteiger partial charge is 0.338 e. The van der Waals surface area contributed by atoms with Crippen molar-refractivity contribution in [2.75, 3.05) is 26.2 Å². The second-order valence-corrected chi connectivity index (χ2v) is 9.80. The highest BCUT2D eigenvalue weighted by Gasteiger charge is 2.35. The van der Waals surface area contributed by atoms with Gasteiger partial charge >= 0.3 is 0 Å². The lowest BCUT2D eigenvalue weighted by atomic mass is 10.1. The summed E-state index contributed by atoms with van der Waals surface area (Å²) >= 11 is 6.25. The van der Waals surface area contributed by atoms with Gasteiger partial charge in [-0.2, -0.15) is 14.5 Å². The van der Waals surface area contributed by atoms with Crippen LogP contribution in [0, 0.1) is 20.8 Å². The predicted octanol–water partition coefficient (Wildman–Crippen LogP) is 2.16. The fourth-order valence-electron chi connectivity index (χ4n) is 3.81. The second kappa shape index (κ2) is 8.68. The summed E-state index contributed by atoms with van der Waals surface area (Å²) in [5, 5.41) is 9.25. The van der Waals surface area contributed by atoms with Crippen LogP contribution in [0.3, 0.4) is 0 Å². The molecule has 1 unspecified atom stereocenters. The zero-order chi connectivity index (χ0) is 22.2. The molecule has 9 nitrogen and oxygen atoms in total. The molecule has 0 radical (unpaired) electrons. The predicted molar refractivity (Wildman–Crippen MR) is 114 cm³/mol. The second-order valence-electron chi connectivity index (χ2n) is 7.52. The quantitative estimate of drug-likeness (QED) is 0.664. The number of amides is 1. The minimum atomic E-state index is -3.64. The Balaban J connectivity index is 1.73. The molecule has 0 aliphatic carbocycles. The Hall–Kier alpha value is -1.91. The first-order valence-electron chi connectivity index (χ1n) is 10.2. The van der Waals surface area contributed by atoms with E-state index in [2.05, 4.69) is 10.2 Å². The maximum absolute atomic E-state index is 13.2.